The van der Waals surface area contributed by atoms with Gasteiger partial charge in [-0.2, -0.15) is 0 Å². The van der Waals surface area contributed by atoms with Gasteiger partial charge in [-0.05, 0) is 24.1 Å². The van der Waals surface area contributed by atoms with Crippen molar-refractivity contribution in [1.82, 2.24) is 0 Å². The van der Waals surface area contributed by atoms with Crippen LogP contribution in [-0.2, 0) is 16.0 Å². The zero-order valence-electron chi connectivity index (χ0n) is 8.76. The summed E-state index contributed by atoms with van der Waals surface area (Å²) in [6.07, 6.45) is 6.77. The van der Waals surface area contributed by atoms with Gasteiger partial charge in [0.05, 0.1) is 5.92 Å². The first-order chi connectivity index (χ1) is 7.80. The second-order valence-electron chi connectivity index (χ2n) is 3.28. The summed E-state index contributed by atoms with van der Waals surface area (Å²) in [5.74, 6) is 2.47. The molecule has 1 aromatic carbocycles. The summed E-state index contributed by atoms with van der Waals surface area (Å²) in [6.45, 7) is 0.227. The highest BCUT2D eigenvalue weighted by atomic mass is 16.5. The largest absolute Gasteiger partial charge is 0.481 e. The quantitative estimate of drug-likeness (QED) is 0.408. The molecule has 0 aliphatic heterocycles. The molecule has 3 nitrogen and oxygen atoms in total. The van der Waals surface area contributed by atoms with E-state index < -0.39 is 5.92 Å². The molecule has 82 valence electrons. The smallest absolute Gasteiger partial charge is 0.148 e. The third-order valence-electron chi connectivity index (χ3n) is 2.07. The molecule has 3 heteroatoms. The molecule has 0 heterocycles. The molecule has 0 aromatic heterocycles. The maximum Gasteiger partial charge on any atom is 0.148 e. The summed E-state index contributed by atoms with van der Waals surface area (Å²) >= 11 is 0. The Bertz CT molecular complexity index is 379. The Kier molecular flexibility index (Phi) is 4.81. The van der Waals surface area contributed by atoms with Crippen LogP contribution in [0.3, 0.4) is 0 Å². The Balaban J connectivity index is 2.60. The Morgan fingerprint density at radius 2 is 1.88 bits per heavy atom. The van der Waals surface area contributed by atoms with E-state index in [1.807, 2.05) is 12.1 Å². The van der Waals surface area contributed by atoms with E-state index in [4.69, 9.17) is 11.2 Å². The summed E-state index contributed by atoms with van der Waals surface area (Å²) in [6, 6.07) is 7.15. The van der Waals surface area contributed by atoms with Crippen LogP contribution in [0.4, 0.5) is 0 Å². The van der Waals surface area contributed by atoms with Gasteiger partial charge in [0.1, 0.15) is 24.9 Å². The van der Waals surface area contributed by atoms with Crippen LogP contribution >= 0.6 is 0 Å². The van der Waals surface area contributed by atoms with Gasteiger partial charge in [-0.3, -0.25) is 0 Å². The van der Waals surface area contributed by atoms with Crippen LogP contribution in [0.2, 0.25) is 0 Å². The SMILES string of the molecule is C#CCOc1ccc(CC(C=O)C=O)cc1. The molecule has 0 radical (unpaired) electrons. The first-order valence-corrected chi connectivity index (χ1v) is 4.86. The lowest BCUT2D eigenvalue weighted by atomic mass is 10.0. The van der Waals surface area contributed by atoms with Crippen LogP contribution in [0.5, 0.6) is 5.75 Å². The predicted octanol–water partition coefficient (Wildman–Crippen LogP) is 1.26. The molecule has 0 N–H and O–H groups in total. The number of hydrogen-bond acceptors (Lipinski definition) is 3. The van der Waals surface area contributed by atoms with Gasteiger partial charge >= 0.3 is 0 Å². The zero-order valence-corrected chi connectivity index (χ0v) is 8.76. The maximum atomic E-state index is 10.5. The molecule has 0 aliphatic carbocycles. The highest BCUT2D eigenvalue weighted by Gasteiger charge is 2.06. The molecule has 16 heavy (non-hydrogen) atoms. The minimum absolute atomic E-state index is 0.227. The van der Waals surface area contributed by atoms with E-state index in [0.717, 1.165) is 5.56 Å². The summed E-state index contributed by atoms with van der Waals surface area (Å²) in [5.41, 5.74) is 0.914. The fourth-order valence-corrected chi connectivity index (χ4v) is 1.25. The van der Waals surface area contributed by atoms with Gasteiger partial charge in [-0.1, -0.05) is 18.1 Å². The average molecular weight is 216 g/mol. The molecule has 0 saturated heterocycles. The van der Waals surface area contributed by atoms with Crippen molar-refractivity contribution < 1.29 is 14.3 Å². The molecule has 0 fully saturated rings. The van der Waals surface area contributed by atoms with Gasteiger partial charge < -0.3 is 14.3 Å². The van der Waals surface area contributed by atoms with Crippen molar-refractivity contribution in [3.63, 3.8) is 0 Å². The van der Waals surface area contributed by atoms with Crippen molar-refractivity contribution in [2.24, 2.45) is 5.92 Å². The molecule has 0 amide bonds. The minimum Gasteiger partial charge on any atom is -0.481 e. The van der Waals surface area contributed by atoms with E-state index in [1.165, 1.54) is 0 Å². The number of rotatable bonds is 6. The molecule has 1 aromatic rings. The number of aldehydes is 2. The van der Waals surface area contributed by atoms with Crippen LogP contribution in [0.1, 0.15) is 5.56 Å². The number of hydrogen-bond donors (Lipinski definition) is 0. The third-order valence-corrected chi connectivity index (χ3v) is 2.07. The van der Waals surface area contributed by atoms with Gasteiger partial charge in [0.15, 0.2) is 0 Å². The predicted molar refractivity (Wildman–Crippen MR) is 60.1 cm³/mol. The molecular weight excluding hydrogens is 204 g/mol. The van der Waals surface area contributed by atoms with Crippen molar-refractivity contribution in [3.8, 4) is 18.1 Å². The average Bonchev–Trinajstić information content (AvgIpc) is 2.35. The summed E-state index contributed by atoms with van der Waals surface area (Å²) < 4.78 is 5.19. The van der Waals surface area contributed by atoms with E-state index >= 15 is 0 Å². The van der Waals surface area contributed by atoms with Crippen molar-refractivity contribution >= 4 is 12.6 Å². The Morgan fingerprint density at radius 3 is 2.38 bits per heavy atom. The van der Waals surface area contributed by atoms with Gasteiger partial charge in [-0.25, -0.2) is 0 Å². The second kappa shape index (κ2) is 6.41. The van der Waals surface area contributed by atoms with E-state index in [-0.39, 0.29) is 6.61 Å². The van der Waals surface area contributed by atoms with E-state index in [9.17, 15) is 9.59 Å². The Labute approximate surface area is 94.4 Å². The highest BCUT2D eigenvalue weighted by molar-refractivity contribution is 5.77. The first kappa shape index (κ1) is 12.0. The van der Waals surface area contributed by atoms with Gasteiger partial charge in [0.25, 0.3) is 0 Å². The molecule has 0 spiro atoms. The first-order valence-electron chi connectivity index (χ1n) is 4.86. The van der Waals surface area contributed by atoms with Gasteiger partial charge in [0, 0.05) is 0 Å². The van der Waals surface area contributed by atoms with Crippen molar-refractivity contribution in [3.05, 3.63) is 29.8 Å². The minimum atomic E-state index is -0.572. The number of carbonyl (C=O) groups excluding carboxylic acids is 2. The fourth-order valence-electron chi connectivity index (χ4n) is 1.25. The van der Waals surface area contributed by atoms with E-state index in [2.05, 4.69) is 5.92 Å². The van der Waals surface area contributed by atoms with E-state index in [1.54, 1.807) is 12.1 Å². The molecule has 0 bridgehead atoms. The monoisotopic (exact) mass is 216 g/mol. The normalized spacial score (nSPS) is 9.50. The van der Waals surface area contributed by atoms with Crippen LogP contribution in [0, 0.1) is 18.3 Å². The van der Waals surface area contributed by atoms with E-state index in [0.29, 0.717) is 24.7 Å². The number of terminal acetylenes is 1. The summed E-state index contributed by atoms with van der Waals surface area (Å²) in [7, 11) is 0. The Morgan fingerprint density at radius 1 is 1.25 bits per heavy atom. The summed E-state index contributed by atoms with van der Waals surface area (Å²) in [4.78, 5) is 20.9. The van der Waals surface area contributed by atoms with Crippen LogP contribution in [-0.4, -0.2) is 19.2 Å². The van der Waals surface area contributed by atoms with Crippen LogP contribution in [0.15, 0.2) is 24.3 Å². The van der Waals surface area contributed by atoms with Gasteiger partial charge in [-0.15, -0.1) is 6.42 Å². The molecular formula is C13H12O3. The van der Waals surface area contributed by atoms with Crippen molar-refractivity contribution in [2.75, 3.05) is 6.61 Å². The third kappa shape index (κ3) is 3.58. The van der Waals surface area contributed by atoms with Gasteiger partial charge in [0.2, 0.25) is 0 Å². The fraction of sp³-hybridized carbons (Fsp3) is 0.231. The topological polar surface area (TPSA) is 43.4 Å². The summed E-state index contributed by atoms with van der Waals surface area (Å²) in [5, 5.41) is 0. The lowest BCUT2D eigenvalue weighted by molar-refractivity contribution is -0.119. The number of benzene rings is 1. The maximum absolute atomic E-state index is 10.5. The molecule has 0 aliphatic rings. The van der Waals surface area contributed by atoms with Crippen molar-refractivity contribution in [2.45, 2.75) is 6.42 Å². The lowest BCUT2D eigenvalue weighted by Crippen LogP contribution is -2.07. The molecule has 0 saturated carbocycles. The molecule has 0 atom stereocenters. The van der Waals surface area contributed by atoms with Crippen LogP contribution in [0.25, 0.3) is 0 Å². The Hall–Kier alpha value is -2.08. The van der Waals surface area contributed by atoms with Crippen LogP contribution < -0.4 is 4.74 Å². The lowest BCUT2D eigenvalue weighted by Gasteiger charge is -2.05. The number of ether oxygens (including phenoxy) is 1. The molecule has 1 rings (SSSR count). The highest BCUT2D eigenvalue weighted by Crippen LogP contribution is 2.14. The zero-order chi connectivity index (χ0) is 11.8. The molecule has 0 unspecified atom stereocenters. The number of carbonyl (C=O) groups is 2. The van der Waals surface area contributed by atoms with Crippen molar-refractivity contribution in [1.29, 1.82) is 0 Å². The standard InChI is InChI=1S/C13H12O3/c1-2-7-16-13-5-3-11(4-6-13)8-12(9-14)10-15/h1,3-6,9-10,12H,7-8H2. The second-order valence-corrected chi connectivity index (χ2v) is 3.28.